The van der Waals surface area contributed by atoms with E-state index in [-0.39, 0.29) is 11.7 Å². The molecule has 0 N–H and O–H groups in total. The number of imidazole rings is 1. The van der Waals surface area contributed by atoms with E-state index in [9.17, 15) is 13.2 Å². The zero-order valence-electron chi connectivity index (χ0n) is 14.6. The van der Waals surface area contributed by atoms with Crippen molar-refractivity contribution in [2.45, 2.75) is 25.1 Å². The lowest BCUT2D eigenvalue weighted by molar-refractivity contribution is -0.140. The van der Waals surface area contributed by atoms with Gasteiger partial charge in [-0.15, -0.1) is 0 Å². The summed E-state index contributed by atoms with van der Waals surface area (Å²) >= 11 is 0. The van der Waals surface area contributed by atoms with Gasteiger partial charge in [-0.05, 0) is 18.9 Å². The van der Waals surface area contributed by atoms with Crippen LogP contribution in [0.5, 0.6) is 0 Å². The molecule has 0 amide bonds. The van der Waals surface area contributed by atoms with E-state index < -0.39 is 11.9 Å². The van der Waals surface area contributed by atoms with Crippen molar-refractivity contribution in [3.63, 3.8) is 0 Å². The Labute approximate surface area is 153 Å². The third-order valence-electron chi connectivity index (χ3n) is 4.82. The third-order valence-corrected chi connectivity index (χ3v) is 4.82. The number of aromatic nitrogens is 5. The summed E-state index contributed by atoms with van der Waals surface area (Å²) in [6.45, 7) is 1.34. The predicted molar refractivity (Wildman–Crippen MR) is 93.7 cm³/mol. The molecule has 4 heterocycles. The molecule has 4 rings (SSSR count). The predicted octanol–water partition coefficient (Wildman–Crippen LogP) is 2.64. The first-order chi connectivity index (χ1) is 12.9. The first kappa shape index (κ1) is 17.5. The number of alkyl halides is 3. The van der Waals surface area contributed by atoms with Crippen molar-refractivity contribution >= 4 is 17.3 Å². The fourth-order valence-corrected chi connectivity index (χ4v) is 3.41. The lowest BCUT2D eigenvalue weighted by Crippen LogP contribution is -2.47. The average Bonchev–Trinajstić information content (AvgIpc) is 3.13. The normalized spacial score (nSPS) is 18.1. The minimum Gasteiger partial charge on any atom is -0.355 e. The van der Waals surface area contributed by atoms with Gasteiger partial charge >= 0.3 is 6.18 Å². The lowest BCUT2D eigenvalue weighted by atomic mass is 10.0. The summed E-state index contributed by atoms with van der Waals surface area (Å²) in [6, 6.07) is 2.00. The monoisotopic (exact) mass is 377 g/mol. The largest absolute Gasteiger partial charge is 0.434 e. The Morgan fingerprint density at radius 1 is 1.22 bits per heavy atom. The molecule has 0 saturated carbocycles. The maximum atomic E-state index is 13.0. The van der Waals surface area contributed by atoms with Gasteiger partial charge in [-0.2, -0.15) is 13.2 Å². The highest BCUT2D eigenvalue weighted by Gasteiger charge is 2.35. The van der Waals surface area contributed by atoms with E-state index >= 15 is 0 Å². The number of piperidine rings is 1. The molecule has 1 aliphatic rings. The Balaban J connectivity index is 1.62. The van der Waals surface area contributed by atoms with E-state index in [1.807, 2.05) is 18.0 Å². The quantitative estimate of drug-likeness (QED) is 0.699. The second kappa shape index (κ2) is 6.67. The molecule has 0 radical (unpaired) electrons. The van der Waals surface area contributed by atoms with E-state index in [2.05, 4.69) is 24.8 Å². The van der Waals surface area contributed by atoms with Crippen LogP contribution >= 0.6 is 0 Å². The van der Waals surface area contributed by atoms with Crippen molar-refractivity contribution in [2.75, 3.05) is 29.9 Å². The molecule has 3 aromatic heterocycles. The van der Waals surface area contributed by atoms with Crippen LogP contribution in [0.3, 0.4) is 0 Å². The van der Waals surface area contributed by atoms with Gasteiger partial charge in [0.25, 0.3) is 0 Å². The van der Waals surface area contributed by atoms with Crippen LogP contribution in [0.2, 0.25) is 0 Å². The molecule has 1 saturated heterocycles. The molecule has 7 nitrogen and oxygen atoms in total. The summed E-state index contributed by atoms with van der Waals surface area (Å²) in [4.78, 5) is 20.4. The van der Waals surface area contributed by atoms with Crippen LogP contribution in [0.15, 0.2) is 37.2 Å². The van der Waals surface area contributed by atoms with Crippen molar-refractivity contribution in [1.82, 2.24) is 24.3 Å². The van der Waals surface area contributed by atoms with E-state index in [1.165, 1.54) is 23.1 Å². The second-order valence-corrected chi connectivity index (χ2v) is 6.53. The Morgan fingerprint density at radius 3 is 2.81 bits per heavy atom. The van der Waals surface area contributed by atoms with Gasteiger partial charge in [0.2, 0.25) is 0 Å². The Bertz CT molecular complexity index is 925. The molecule has 1 atom stereocenters. The number of hydrogen-bond acceptors (Lipinski definition) is 6. The van der Waals surface area contributed by atoms with Crippen LogP contribution in [0.1, 0.15) is 18.5 Å². The van der Waals surface area contributed by atoms with E-state index in [0.29, 0.717) is 12.4 Å². The average molecular weight is 377 g/mol. The maximum absolute atomic E-state index is 13.0. The molecule has 10 heteroatoms. The van der Waals surface area contributed by atoms with Crippen molar-refractivity contribution < 1.29 is 13.2 Å². The van der Waals surface area contributed by atoms with E-state index in [0.717, 1.165) is 31.4 Å². The van der Waals surface area contributed by atoms with E-state index in [1.54, 1.807) is 6.20 Å². The van der Waals surface area contributed by atoms with Crippen LogP contribution in [0.4, 0.5) is 24.8 Å². The third kappa shape index (κ3) is 3.38. The minimum atomic E-state index is -4.49. The first-order valence-corrected chi connectivity index (χ1v) is 8.58. The van der Waals surface area contributed by atoms with Gasteiger partial charge in [-0.25, -0.2) is 19.9 Å². The lowest BCUT2D eigenvalue weighted by Gasteiger charge is -2.38. The van der Waals surface area contributed by atoms with Gasteiger partial charge in [0.1, 0.15) is 12.1 Å². The summed E-state index contributed by atoms with van der Waals surface area (Å²) in [5.41, 5.74) is -0.696. The SMILES string of the molecule is CN(c1ccncn1)C1CCCN(c2nccn3cc(C(F)(F)F)nc23)C1. The minimum absolute atomic E-state index is 0.160. The number of likely N-dealkylation sites (N-methyl/N-ethyl adjacent to an activating group) is 1. The highest BCUT2D eigenvalue weighted by atomic mass is 19.4. The van der Waals surface area contributed by atoms with Gasteiger partial charge in [-0.1, -0.05) is 0 Å². The molecule has 1 aliphatic heterocycles. The number of anilines is 2. The fraction of sp³-hybridized carbons (Fsp3) is 0.412. The summed E-state index contributed by atoms with van der Waals surface area (Å²) in [7, 11) is 1.96. The van der Waals surface area contributed by atoms with Gasteiger partial charge in [0.05, 0.1) is 0 Å². The molecule has 0 aliphatic carbocycles. The molecule has 142 valence electrons. The van der Waals surface area contributed by atoms with Crippen LogP contribution in [-0.2, 0) is 6.18 Å². The summed E-state index contributed by atoms with van der Waals surface area (Å²) in [6.07, 6.45) is 4.54. The standard InChI is InChI=1S/C17H18F3N7/c1-25(14-4-5-21-11-23-14)12-3-2-7-26(9-12)15-16-24-13(17(18,19)20)10-27(16)8-6-22-15/h4-6,8,10-12H,2-3,7,9H2,1H3. The highest BCUT2D eigenvalue weighted by Crippen LogP contribution is 2.31. The zero-order chi connectivity index (χ0) is 19.0. The van der Waals surface area contributed by atoms with Crippen molar-refractivity contribution in [2.24, 2.45) is 0 Å². The summed E-state index contributed by atoms with van der Waals surface area (Å²) < 4.78 is 40.5. The number of rotatable bonds is 3. The molecule has 0 aromatic carbocycles. The Morgan fingerprint density at radius 2 is 2.07 bits per heavy atom. The number of halogens is 3. The molecular weight excluding hydrogens is 359 g/mol. The van der Waals surface area contributed by atoms with Gasteiger partial charge in [-0.3, -0.25) is 0 Å². The Hall–Kier alpha value is -2.91. The fourth-order valence-electron chi connectivity index (χ4n) is 3.41. The van der Waals surface area contributed by atoms with Crippen molar-refractivity contribution in [3.05, 3.63) is 42.9 Å². The molecule has 1 unspecified atom stereocenters. The molecule has 0 spiro atoms. The molecule has 0 bridgehead atoms. The van der Waals surface area contributed by atoms with E-state index in [4.69, 9.17) is 0 Å². The molecule has 3 aromatic rings. The van der Waals surface area contributed by atoms with Crippen LogP contribution in [0.25, 0.3) is 5.65 Å². The molecule has 1 fully saturated rings. The smallest absolute Gasteiger partial charge is 0.355 e. The number of nitrogens with zero attached hydrogens (tertiary/aromatic N) is 7. The number of fused-ring (bicyclic) bond motifs is 1. The summed E-state index contributed by atoms with van der Waals surface area (Å²) in [5, 5.41) is 0. The van der Waals surface area contributed by atoms with Crippen LogP contribution in [-0.4, -0.2) is 50.5 Å². The van der Waals surface area contributed by atoms with Gasteiger partial charge < -0.3 is 14.2 Å². The first-order valence-electron chi connectivity index (χ1n) is 8.58. The van der Waals surface area contributed by atoms with Crippen LogP contribution < -0.4 is 9.80 Å². The molecular formula is C17H18F3N7. The number of hydrogen-bond donors (Lipinski definition) is 0. The topological polar surface area (TPSA) is 62.5 Å². The van der Waals surface area contributed by atoms with Gasteiger partial charge in [0.15, 0.2) is 17.2 Å². The van der Waals surface area contributed by atoms with Gasteiger partial charge in [0, 0.05) is 51.0 Å². The van der Waals surface area contributed by atoms with Crippen LogP contribution in [0, 0.1) is 0 Å². The van der Waals surface area contributed by atoms with Crippen molar-refractivity contribution in [1.29, 1.82) is 0 Å². The Kier molecular flexibility index (Phi) is 4.33. The summed E-state index contributed by atoms with van der Waals surface area (Å²) in [5.74, 6) is 1.27. The van der Waals surface area contributed by atoms with Crippen molar-refractivity contribution in [3.8, 4) is 0 Å². The highest BCUT2D eigenvalue weighted by molar-refractivity contribution is 5.65. The zero-order valence-corrected chi connectivity index (χ0v) is 14.6. The second-order valence-electron chi connectivity index (χ2n) is 6.53. The molecule has 27 heavy (non-hydrogen) atoms. The maximum Gasteiger partial charge on any atom is 0.434 e.